The maximum absolute atomic E-state index is 11.5. The van der Waals surface area contributed by atoms with E-state index in [0.29, 0.717) is 17.9 Å². The van der Waals surface area contributed by atoms with Crippen molar-refractivity contribution in [2.75, 3.05) is 19.8 Å². The van der Waals surface area contributed by atoms with Crippen molar-refractivity contribution in [1.82, 2.24) is 5.32 Å². The number of rotatable bonds is 7. The summed E-state index contributed by atoms with van der Waals surface area (Å²) >= 11 is 0. The molecule has 1 atom stereocenters. The molecular weight excluding hydrogens is 330 g/mol. The maximum Gasteiger partial charge on any atom is 0.306 e. The average molecular weight is 351 g/mol. The van der Waals surface area contributed by atoms with E-state index in [1.807, 2.05) is 19.1 Å². The normalized spacial score (nSPS) is 12.7. The molecule has 130 valence electrons. The Labute approximate surface area is 142 Å². The van der Waals surface area contributed by atoms with E-state index in [0.717, 1.165) is 11.8 Å². The van der Waals surface area contributed by atoms with Gasteiger partial charge in [0.1, 0.15) is 5.75 Å². The Morgan fingerprint density at radius 1 is 1.12 bits per heavy atom. The van der Waals surface area contributed by atoms with Gasteiger partial charge in [0.05, 0.1) is 12.4 Å². The molecule has 0 aliphatic carbocycles. The third-order valence-corrected chi connectivity index (χ3v) is 3.72. The fourth-order valence-corrected chi connectivity index (χ4v) is 2.55. The Hall–Kier alpha value is -2.09. The first kappa shape index (κ1) is 18.3. The SMILES string of the molecule is CNCC(O)c1ccc(Oc2ccc(C)cc2)c(OS(C)(=O)=O)c1. The van der Waals surface area contributed by atoms with Crippen LogP contribution in [0.5, 0.6) is 17.2 Å². The number of likely N-dealkylation sites (N-methyl/N-ethyl adjacent to an activating group) is 1. The Kier molecular flexibility index (Phi) is 5.82. The van der Waals surface area contributed by atoms with Gasteiger partial charge in [-0.15, -0.1) is 0 Å². The van der Waals surface area contributed by atoms with Crippen LogP contribution in [-0.4, -0.2) is 33.4 Å². The lowest BCUT2D eigenvalue weighted by Crippen LogP contribution is -2.17. The summed E-state index contributed by atoms with van der Waals surface area (Å²) in [6.07, 6.45) is 0.171. The van der Waals surface area contributed by atoms with E-state index in [4.69, 9.17) is 8.92 Å². The molecule has 0 heterocycles. The number of hydrogen-bond acceptors (Lipinski definition) is 6. The minimum absolute atomic E-state index is 0.0331. The van der Waals surface area contributed by atoms with Crippen molar-refractivity contribution in [3.8, 4) is 17.2 Å². The van der Waals surface area contributed by atoms with E-state index in [1.165, 1.54) is 6.07 Å². The van der Waals surface area contributed by atoms with E-state index in [-0.39, 0.29) is 11.5 Å². The highest BCUT2D eigenvalue weighted by Gasteiger charge is 2.16. The first-order chi connectivity index (χ1) is 11.3. The first-order valence-corrected chi connectivity index (χ1v) is 9.21. The summed E-state index contributed by atoms with van der Waals surface area (Å²) in [5, 5.41) is 12.9. The van der Waals surface area contributed by atoms with Crippen molar-refractivity contribution in [3.63, 3.8) is 0 Å². The standard InChI is InChI=1S/C17H21NO5S/c1-12-4-7-14(8-5-12)22-16-9-6-13(15(19)11-18-2)10-17(16)23-24(3,20)21/h4-10,15,18-19H,11H2,1-3H3. The van der Waals surface area contributed by atoms with Crippen molar-refractivity contribution >= 4 is 10.1 Å². The highest BCUT2D eigenvalue weighted by atomic mass is 32.2. The molecule has 0 saturated heterocycles. The van der Waals surface area contributed by atoms with Crippen LogP contribution in [0.3, 0.4) is 0 Å². The van der Waals surface area contributed by atoms with E-state index < -0.39 is 16.2 Å². The van der Waals surface area contributed by atoms with Crippen LogP contribution in [0.25, 0.3) is 0 Å². The highest BCUT2D eigenvalue weighted by Crippen LogP contribution is 2.34. The fourth-order valence-electron chi connectivity index (χ4n) is 2.09. The summed E-state index contributed by atoms with van der Waals surface area (Å²) in [4.78, 5) is 0. The Balaban J connectivity index is 2.36. The van der Waals surface area contributed by atoms with E-state index in [9.17, 15) is 13.5 Å². The number of ether oxygens (including phenoxy) is 1. The molecule has 2 aromatic rings. The quantitative estimate of drug-likeness (QED) is 0.745. The predicted octanol–water partition coefficient (Wildman–Crippen LogP) is 2.38. The molecule has 0 aliphatic rings. The highest BCUT2D eigenvalue weighted by molar-refractivity contribution is 7.86. The number of benzene rings is 2. The molecule has 2 rings (SSSR count). The first-order valence-electron chi connectivity index (χ1n) is 7.39. The van der Waals surface area contributed by atoms with Crippen molar-refractivity contribution < 1.29 is 22.4 Å². The van der Waals surface area contributed by atoms with Gasteiger partial charge in [0.25, 0.3) is 0 Å². The van der Waals surface area contributed by atoms with Crippen molar-refractivity contribution in [3.05, 3.63) is 53.6 Å². The second-order valence-corrected chi connectivity index (χ2v) is 7.06. The van der Waals surface area contributed by atoms with Crippen LogP contribution in [0.2, 0.25) is 0 Å². The van der Waals surface area contributed by atoms with Crippen LogP contribution in [0.4, 0.5) is 0 Å². The van der Waals surface area contributed by atoms with Gasteiger partial charge in [0.2, 0.25) is 0 Å². The van der Waals surface area contributed by atoms with Gasteiger partial charge in [0, 0.05) is 6.54 Å². The average Bonchev–Trinajstić information content (AvgIpc) is 2.50. The van der Waals surface area contributed by atoms with Crippen LogP contribution >= 0.6 is 0 Å². The Morgan fingerprint density at radius 2 is 1.79 bits per heavy atom. The molecule has 0 aliphatic heterocycles. The molecule has 0 aromatic heterocycles. The number of aryl methyl sites for hydroxylation is 1. The summed E-state index contributed by atoms with van der Waals surface area (Å²) in [5.74, 6) is 0.845. The molecule has 2 aromatic carbocycles. The smallest absolute Gasteiger partial charge is 0.306 e. The molecule has 1 unspecified atom stereocenters. The minimum atomic E-state index is -3.73. The summed E-state index contributed by atoms with van der Waals surface area (Å²) in [6.45, 7) is 2.29. The minimum Gasteiger partial charge on any atom is -0.453 e. The van der Waals surface area contributed by atoms with Crippen molar-refractivity contribution in [2.24, 2.45) is 0 Å². The second-order valence-electron chi connectivity index (χ2n) is 5.48. The zero-order valence-corrected chi connectivity index (χ0v) is 14.6. The number of hydrogen-bond donors (Lipinski definition) is 2. The summed E-state index contributed by atoms with van der Waals surface area (Å²) < 4.78 is 33.7. The zero-order chi connectivity index (χ0) is 17.7. The van der Waals surface area contributed by atoms with Crippen LogP contribution in [0.1, 0.15) is 17.2 Å². The van der Waals surface area contributed by atoms with Crippen molar-refractivity contribution in [1.29, 1.82) is 0 Å². The Bertz CT molecular complexity index is 787. The van der Waals surface area contributed by atoms with Gasteiger partial charge in [-0.05, 0) is 43.8 Å². The molecule has 0 fully saturated rings. The lowest BCUT2D eigenvalue weighted by atomic mass is 10.1. The molecule has 6 nitrogen and oxygen atoms in total. The molecule has 0 spiro atoms. The topological polar surface area (TPSA) is 84.9 Å². The van der Waals surface area contributed by atoms with Gasteiger partial charge < -0.3 is 19.3 Å². The summed E-state index contributed by atoms with van der Waals surface area (Å²) in [5.41, 5.74) is 1.61. The van der Waals surface area contributed by atoms with E-state index in [2.05, 4.69) is 5.32 Å². The van der Waals surface area contributed by atoms with Gasteiger partial charge >= 0.3 is 10.1 Å². The monoisotopic (exact) mass is 351 g/mol. The molecule has 0 saturated carbocycles. The molecule has 24 heavy (non-hydrogen) atoms. The van der Waals surface area contributed by atoms with Crippen LogP contribution < -0.4 is 14.2 Å². The lowest BCUT2D eigenvalue weighted by Gasteiger charge is -2.15. The number of aliphatic hydroxyl groups excluding tert-OH is 1. The van der Waals surface area contributed by atoms with Gasteiger partial charge in [-0.2, -0.15) is 8.42 Å². The largest absolute Gasteiger partial charge is 0.453 e. The van der Waals surface area contributed by atoms with Crippen LogP contribution in [-0.2, 0) is 10.1 Å². The third-order valence-electron chi connectivity index (χ3n) is 3.24. The summed E-state index contributed by atoms with van der Waals surface area (Å²) in [7, 11) is -2.02. The molecule has 0 amide bonds. The molecule has 7 heteroatoms. The van der Waals surface area contributed by atoms with Gasteiger partial charge in [0.15, 0.2) is 11.5 Å². The van der Waals surface area contributed by atoms with Gasteiger partial charge in [-0.3, -0.25) is 0 Å². The van der Waals surface area contributed by atoms with E-state index in [1.54, 1.807) is 31.3 Å². The fraction of sp³-hybridized carbons (Fsp3) is 0.294. The van der Waals surface area contributed by atoms with Crippen molar-refractivity contribution in [2.45, 2.75) is 13.0 Å². The Morgan fingerprint density at radius 3 is 2.38 bits per heavy atom. The maximum atomic E-state index is 11.5. The third kappa shape index (κ3) is 5.23. The number of aliphatic hydroxyl groups is 1. The molecule has 0 bridgehead atoms. The van der Waals surface area contributed by atoms with Crippen LogP contribution in [0.15, 0.2) is 42.5 Å². The molecular formula is C17H21NO5S. The second kappa shape index (κ2) is 7.65. The van der Waals surface area contributed by atoms with E-state index >= 15 is 0 Å². The molecule has 2 N–H and O–H groups in total. The zero-order valence-electron chi connectivity index (χ0n) is 13.8. The number of nitrogens with one attached hydrogen (secondary N) is 1. The van der Waals surface area contributed by atoms with Gasteiger partial charge in [-0.25, -0.2) is 0 Å². The predicted molar refractivity (Wildman–Crippen MR) is 92.1 cm³/mol. The molecule has 0 radical (unpaired) electrons. The van der Waals surface area contributed by atoms with Gasteiger partial charge in [-0.1, -0.05) is 23.8 Å². The summed E-state index contributed by atoms with van der Waals surface area (Å²) in [6, 6.07) is 12.0. The lowest BCUT2D eigenvalue weighted by molar-refractivity contribution is 0.177. The van der Waals surface area contributed by atoms with Crippen LogP contribution in [0, 0.1) is 6.92 Å².